The Morgan fingerprint density at radius 3 is 2.39 bits per heavy atom. The molecule has 1 heterocycles. The molecule has 8 heteroatoms. The standard InChI is InChI=1S/C30H29ClN2O5/c1-4-36-27(34)18-24-10-6-5-9-23(24)17-21-13-15-22(16-14-21)29-28(19(2)33-38-29)32-30(35)37-20(3)25-11-7-8-12-26(25)31/h5-16,20H,4,17-18H2,1-3H3,(H,32,35). The minimum Gasteiger partial charge on any atom is -0.466 e. The highest BCUT2D eigenvalue weighted by Gasteiger charge is 2.21. The number of hydrogen-bond acceptors (Lipinski definition) is 6. The lowest BCUT2D eigenvalue weighted by Crippen LogP contribution is -2.17. The van der Waals surface area contributed by atoms with Crippen molar-refractivity contribution in [2.45, 2.75) is 39.7 Å². The highest BCUT2D eigenvalue weighted by atomic mass is 35.5. The van der Waals surface area contributed by atoms with Gasteiger partial charge in [-0.3, -0.25) is 10.1 Å². The first-order chi connectivity index (χ1) is 18.4. The number of amides is 1. The van der Waals surface area contributed by atoms with Crippen LogP contribution < -0.4 is 5.32 Å². The zero-order valence-electron chi connectivity index (χ0n) is 21.5. The van der Waals surface area contributed by atoms with Crippen molar-refractivity contribution < 1.29 is 23.6 Å². The molecule has 196 valence electrons. The number of carbonyl (C=O) groups excluding carboxylic acids is 2. The minimum absolute atomic E-state index is 0.236. The number of halogens is 1. The number of rotatable bonds is 9. The van der Waals surface area contributed by atoms with Crippen molar-refractivity contribution in [3.63, 3.8) is 0 Å². The Kier molecular flexibility index (Phi) is 8.81. The molecule has 3 aromatic carbocycles. The first-order valence-corrected chi connectivity index (χ1v) is 12.7. The van der Waals surface area contributed by atoms with Gasteiger partial charge in [-0.2, -0.15) is 0 Å². The molecule has 38 heavy (non-hydrogen) atoms. The maximum absolute atomic E-state index is 12.7. The first kappa shape index (κ1) is 26.9. The molecule has 0 fully saturated rings. The molecule has 0 aliphatic rings. The minimum atomic E-state index is -0.639. The maximum Gasteiger partial charge on any atom is 0.412 e. The summed E-state index contributed by atoms with van der Waals surface area (Å²) in [6.07, 6.45) is -0.291. The summed E-state index contributed by atoms with van der Waals surface area (Å²) in [5.74, 6) is 0.190. The molecule has 0 aliphatic heterocycles. The second kappa shape index (κ2) is 12.4. The van der Waals surface area contributed by atoms with Crippen LogP contribution in [0.4, 0.5) is 10.5 Å². The highest BCUT2D eigenvalue weighted by Crippen LogP contribution is 2.32. The molecule has 0 saturated heterocycles. The Balaban J connectivity index is 1.46. The second-order valence-electron chi connectivity index (χ2n) is 8.79. The van der Waals surface area contributed by atoms with E-state index in [2.05, 4.69) is 10.5 Å². The predicted octanol–water partition coefficient (Wildman–Crippen LogP) is 7.31. The van der Waals surface area contributed by atoms with Crippen molar-refractivity contribution in [1.82, 2.24) is 5.16 Å². The van der Waals surface area contributed by atoms with Crippen molar-refractivity contribution >= 4 is 29.4 Å². The van der Waals surface area contributed by atoms with Gasteiger partial charge >= 0.3 is 12.1 Å². The highest BCUT2D eigenvalue weighted by molar-refractivity contribution is 6.31. The maximum atomic E-state index is 12.7. The van der Waals surface area contributed by atoms with Crippen LogP contribution in [-0.4, -0.2) is 23.8 Å². The second-order valence-corrected chi connectivity index (χ2v) is 9.20. The molecule has 0 saturated carbocycles. The van der Waals surface area contributed by atoms with Crippen LogP contribution in [0, 0.1) is 6.92 Å². The number of aromatic nitrogens is 1. The molecule has 7 nitrogen and oxygen atoms in total. The van der Waals surface area contributed by atoms with E-state index >= 15 is 0 Å². The van der Waals surface area contributed by atoms with Crippen molar-refractivity contribution in [2.24, 2.45) is 0 Å². The molecule has 1 aromatic heterocycles. The van der Waals surface area contributed by atoms with E-state index in [9.17, 15) is 9.59 Å². The first-order valence-electron chi connectivity index (χ1n) is 12.4. The van der Waals surface area contributed by atoms with Crippen LogP contribution in [0.25, 0.3) is 11.3 Å². The van der Waals surface area contributed by atoms with Gasteiger partial charge < -0.3 is 14.0 Å². The number of aryl methyl sites for hydroxylation is 1. The number of ether oxygens (including phenoxy) is 2. The fraction of sp³-hybridized carbons (Fsp3) is 0.233. The van der Waals surface area contributed by atoms with Gasteiger partial charge in [0.15, 0.2) is 5.76 Å². The molecule has 4 aromatic rings. The molecule has 4 rings (SSSR count). The lowest BCUT2D eigenvalue weighted by atomic mass is 9.97. The van der Waals surface area contributed by atoms with Crippen molar-refractivity contribution in [3.8, 4) is 11.3 Å². The molecular weight excluding hydrogens is 504 g/mol. The van der Waals surface area contributed by atoms with Gasteiger partial charge in [0, 0.05) is 16.1 Å². The van der Waals surface area contributed by atoms with Crippen LogP contribution in [0.3, 0.4) is 0 Å². The lowest BCUT2D eigenvalue weighted by Gasteiger charge is -2.15. The largest absolute Gasteiger partial charge is 0.466 e. The average Bonchev–Trinajstić information content (AvgIpc) is 3.25. The third-order valence-electron chi connectivity index (χ3n) is 6.09. The Labute approximate surface area is 226 Å². The Morgan fingerprint density at radius 2 is 1.68 bits per heavy atom. The van der Waals surface area contributed by atoms with E-state index in [4.69, 9.17) is 25.6 Å². The summed E-state index contributed by atoms with van der Waals surface area (Å²) in [5, 5.41) is 7.32. The van der Waals surface area contributed by atoms with Gasteiger partial charge in [-0.1, -0.05) is 83.5 Å². The normalized spacial score (nSPS) is 11.6. The molecule has 1 atom stereocenters. The number of nitrogens with one attached hydrogen (secondary N) is 1. The number of carbonyl (C=O) groups is 2. The zero-order chi connectivity index (χ0) is 27.1. The van der Waals surface area contributed by atoms with E-state index in [1.54, 1.807) is 26.8 Å². The molecule has 0 bridgehead atoms. The van der Waals surface area contributed by atoms with E-state index in [1.807, 2.05) is 66.7 Å². The quantitative estimate of drug-likeness (QED) is 0.227. The topological polar surface area (TPSA) is 90.7 Å². The van der Waals surface area contributed by atoms with Gasteiger partial charge in [0.05, 0.1) is 13.0 Å². The van der Waals surface area contributed by atoms with Crippen LogP contribution in [0.5, 0.6) is 0 Å². The molecule has 0 radical (unpaired) electrons. The molecular formula is C30H29ClN2O5. The van der Waals surface area contributed by atoms with E-state index in [-0.39, 0.29) is 12.4 Å². The van der Waals surface area contributed by atoms with Gasteiger partial charge in [0.1, 0.15) is 17.5 Å². The van der Waals surface area contributed by atoms with Gasteiger partial charge in [-0.15, -0.1) is 0 Å². The Bertz CT molecular complexity index is 1410. The zero-order valence-corrected chi connectivity index (χ0v) is 22.2. The Hall–Kier alpha value is -4.10. The third-order valence-corrected chi connectivity index (χ3v) is 6.43. The van der Waals surface area contributed by atoms with Crippen LogP contribution in [-0.2, 0) is 27.1 Å². The lowest BCUT2D eigenvalue weighted by molar-refractivity contribution is -0.142. The summed E-state index contributed by atoms with van der Waals surface area (Å²) in [6.45, 7) is 5.66. The number of hydrogen-bond donors (Lipinski definition) is 1. The summed E-state index contributed by atoms with van der Waals surface area (Å²) in [7, 11) is 0. The van der Waals surface area contributed by atoms with Gasteiger partial charge in [0.25, 0.3) is 0 Å². The van der Waals surface area contributed by atoms with Gasteiger partial charge in [-0.25, -0.2) is 4.79 Å². The SMILES string of the molecule is CCOC(=O)Cc1ccccc1Cc1ccc(-c2onc(C)c2NC(=O)OC(C)c2ccccc2Cl)cc1. The molecule has 1 unspecified atom stereocenters. The summed E-state index contributed by atoms with van der Waals surface area (Å²) in [4.78, 5) is 24.7. The molecule has 0 aliphatic carbocycles. The van der Waals surface area contributed by atoms with Gasteiger partial charge in [-0.05, 0) is 49.9 Å². The third kappa shape index (κ3) is 6.61. The van der Waals surface area contributed by atoms with E-state index in [1.165, 1.54) is 0 Å². The Morgan fingerprint density at radius 1 is 1.00 bits per heavy atom. The van der Waals surface area contributed by atoms with Crippen LogP contribution in [0.15, 0.2) is 77.3 Å². The van der Waals surface area contributed by atoms with Crippen molar-refractivity contribution in [2.75, 3.05) is 11.9 Å². The van der Waals surface area contributed by atoms with E-state index < -0.39 is 12.2 Å². The summed E-state index contributed by atoms with van der Waals surface area (Å²) >= 11 is 6.23. The number of benzene rings is 3. The van der Waals surface area contributed by atoms with Gasteiger partial charge in [0.2, 0.25) is 0 Å². The summed E-state index contributed by atoms with van der Waals surface area (Å²) in [6, 6.07) is 22.8. The fourth-order valence-electron chi connectivity index (χ4n) is 4.14. The van der Waals surface area contributed by atoms with Crippen molar-refractivity contribution in [1.29, 1.82) is 0 Å². The summed E-state index contributed by atoms with van der Waals surface area (Å²) in [5.41, 5.74) is 5.49. The predicted molar refractivity (Wildman–Crippen MR) is 146 cm³/mol. The van der Waals surface area contributed by atoms with Crippen molar-refractivity contribution in [3.05, 3.63) is 106 Å². The smallest absolute Gasteiger partial charge is 0.412 e. The molecule has 1 amide bonds. The summed E-state index contributed by atoms with van der Waals surface area (Å²) < 4.78 is 16.2. The van der Waals surface area contributed by atoms with E-state index in [0.717, 1.165) is 22.3 Å². The van der Waals surface area contributed by atoms with Crippen LogP contribution in [0.2, 0.25) is 5.02 Å². The number of nitrogens with zero attached hydrogens (tertiary/aromatic N) is 1. The fourth-order valence-corrected chi connectivity index (χ4v) is 4.43. The van der Waals surface area contributed by atoms with E-state index in [0.29, 0.717) is 40.8 Å². The number of anilines is 1. The average molecular weight is 533 g/mol. The van der Waals surface area contributed by atoms with Crippen LogP contribution >= 0.6 is 11.6 Å². The molecule has 1 N–H and O–H groups in total. The monoisotopic (exact) mass is 532 g/mol. The van der Waals surface area contributed by atoms with Crippen LogP contribution in [0.1, 0.15) is 47.9 Å². The molecule has 0 spiro atoms. The number of esters is 1.